The fourth-order valence-electron chi connectivity index (χ4n) is 6.52. The number of aliphatic hydroxyl groups is 1. The summed E-state index contributed by atoms with van der Waals surface area (Å²) in [5, 5.41) is 21.5. The highest BCUT2D eigenvalue weighted by Gasteiger charge is 2.35. The first kappa shape index (κ1) is 24.7. The summed E-state index contributed by atoms with van der Waals surface area (Å²) >= 11 is 0. The van der Waals surface area contributed by atoms with Crippen molar-refractivity contribution >= 4 is 28.8 Å². The van der Waals surface area contributed by atoms with Crippen LogP contribution in [0.1, 0.15) is 73.7 Å². The number of ether oxygens (including phenoxy) is 2. The molecule has 2 aromatic carbocycles. The molecule has 6 rings (SSSR count). The number of amides is 1. The van der Waals surface area contributed by atoms with Gasteiger partial charge in [0.2, 0.25) is 0 Å². The van der Waals surface area contributed by atoms with Crippen molar-refractivity contribution in [1.29, 1.82) is 0 Å². The number of rotatable bonds is 4. The molecule has 1 aromatic heterocycles. The lowest BCUT2D eigenvalue weighted by Gasteiger charge is -2.34. The molecular formula is C29H33N3O6. The number of hydrogen-bond donors (Lipinski definition) is 2. The monoisotopic (exact) mass is 519 g/mol. The van der Waals surface area contributed by atoms with Crippen LogP contribution < -0.4 is 9.64 Å². The number of imidazole rings is 1. The minimum absolute atomic E-state index is 0.0113. The van der Waals surface area contributed by atoms with Gasteiger partial charge in [0.15, 0.2) is 0 Å². The second-order valence-electron chi connectivity index (χ2n) is 10.7. The summed E-state index contributed by atoms with van der Waals surface area (Å²) in [4.78, 5) is 31.3. The lowest BCUT2D eigenvalue weighted by atomic mass is 9.85. The molecule has 0 spiro atoms. The topological polar surface area (TPSA) is 114 Å². The summed E-state index contributed by atoms with van der Waals surface area (Å²) in [6.45, 7) is 2.64. The van der Waals surface area contributed by atoms with Crippen LogP contribution in [0.5, 0.6) is 5.75 Å². The zero-order valence-electron chi connectivity index (χ0n) is 21.7. The Morgan fingerprint density at radius 1 is 1.16 bits per heavy atom. The molecule has 1 saturated carbocycles. The quantitative estimate of drug-likeness (QED) is 0.510. The standard InChI is InChI=1S/C29H33N3O6/c1-16-6-8-21-22(31(16)29(36)37-2)9-10-23-25(21)30-27(32(23)20-5-3-4-19(15-20)28(34)35)26(33)18-7-11-24-17(14-18)12-13-38-24/h7,9-11,14,16,19-20,26,33H,3-6,8,12-13,15H2,1-2H3,(H,34,35)/t16-,19+,20+,26+/m0/s1. The second-order valence-corrected chi connectivity index (χ2v) is 10.7. The van der Waals surface area contributed by atoms with Gasteiger partial charge in [-0.3, -0.25) is 9.69 Å². The van der Waals surface area contributed by atoms with Crippen LogP contribution in [-0.4, -0.2) is 51.6 Å². The number of aromatic nitrogens is 2. The highest BCUT2D eigenvalue weighted by atomic mass is 16.5. The van der Waals surface area contributed by atoms with Crippen molar-refractivity contribution in [2.75, 3.05) is 18.6 Å². The molecular weight excluding hydrogens is 486 g/mol. The van der Waals surface area contributed by atoms with Crippen LogP contribution >= 0.6 is 0 Å². The van der Waals surface area contributed by atoms with E-state index in [4.69, 9.17) is 14.5 Å². The second kappa shape index (κ2) is 9.62. The lowest BCUT2D eigenvalue weighted by Crippen LogP contribution is -2.42. The zero-order valence-corrected chi connectivity index (χ0v) is 21.7. The average Bonchev–Trinajstić information content (AvgIpc) is 3.56. The van der Waals surface area contributed by atoms with Gasteiger partial charge in [-0.15, -0.1) is 0 Å². The van der Waals surface area contributed by atoms with Gasteiger partial charge >= 0.3 is 12.1 Å². The normalized spacial score (nSPS) is 23.4. The number of aliphatic carboxylic acids is 1. The molecule has 9 heteroatoms. The molecule has 1 aliphatic carbocycles. The Morgan fingerprint density at radius 3 is 2.79 bits per heavy atom. The van der Waals surface area contributed by atoms with E-state index in [2.05, 4.69) is 4.57 Å². The lowest BCUT2D eigenvalue weighted by molar-refractivity contribution is -0.143. The minimum Gasteiger partial charge on any atom is -0.493 e. The van der Waals surface area contributed by atoms with Crippen LogP contribution in [-0.2, 0) is 22.4 Å². The fraction of sp³-hybridized carbons (Fsp3) is 0.483. The van der Waals surface area contributed by atoms with E-state index in [-0.39, 0.29) is 12.1 Å². The number of carboxylic acids is 1. The van der Waals surface area contributed by atoms with Crippen molar-refractivity contribution in [2.24, 2.45) is 5.92 Å². The zero-order chi connectivity index (χ0) is 26.6. The molecule has 0 radical (unpaired) electrons. The predicted octanol–water partition coefficient (Wildman–Crippen LogP) is 4.78. The smallest absolute Gasteiger partial charge is 0.414 e. The van der Waals surface area contributed by atoms with E-state index in [1.165, 1.54) is 7.11 Å². The van der Waals surface area contributed by atoms with E-state index in [1.54, 1.807) is 4.90 Å². The van der Waals surface area contributed by atoms with E-state index in [0.29, 0.717) is 25.3 Å². The number of hydrogen-bond acceptors (Lipinski definition) is 6. The van der Waals surface area contributed by atoms with E-state index >= 15 is 0 Å². The molecule has 0 saturated heterocycles. The van der Waals surface area contributed by atoms with Crippen molar-refractivity contribution < 1.29 is 29.3 Å². The Labute approximate surface area is 221 Å². The summed E-state index contributed by atoms with van der Waals surface area (Å²) < 4.78 is 12.8. The third-order valence-corrected chi connectivity index (χ3v) is 8.49. The first-order valence-corrected chi connectivity index (χ1v) is 13.4. The summed E-state index contributed by atoms with van der Waals surface area (Å²) in [5.41, 5.74) is 5.13. The maximum absolute atomic E-state index is 12.7. The number of carboxylic acid groups (broad SMARTS) is 1. The summed E-state index contributed by atoms with van der Waals surface area (Å²) in [5.74, 6) is 0.144. The summed E-state index contributed by atoms with van der Waals surface area (Å²) in [6.07, 6.45) is 3.66. The van der Waals surface area contributed by atoms with E-state index < -0.39 is 24.1 Å². The van der Waals surface area contributed by atoms with Crippen molar-refractivity contribution in [3.63, 3.8) is 0 Å². The number of anilines is 1. The molecule has 2 N–H and O–H groups in total. The highest BCUT2D eigenvalue weighted by Crippen LogP contribution is 2.42. The molecule has 0 bridgehead atoms. The molecule has 2 aliphatic heterocycles. The molecule has 200 valence electrons. The van der Waals surface area contributed by atoms with Crippen LogP contribution in [0.25, 0.3) is 11.0 Å². The molecule has 1 amide bonds. The summed E-state index contributed by atoms with van der Waals surface area (Å²) in [6, 6.07) is 9.52. The van der Waals surface area contributed by atoms with Gasteiger partial charge in [0.25, 0.3) is 0 Å². The Morgan fingerprint density at radius 2 is 2.00 bits per heavy atom. The first-order valence-electron chi connectivity index (χ1n) is 13.4. The van der Waals surface area contributed by atoms with Crippen molar-refractivity contribution in [2.45, 2.75) is 70.1 Å². The van der Waals surface area contributed by atoms with E-state index in [1.807, 2.05) is 37.3 Å². The van der Waals surface area contributed by atoms with Crippen molar-refractivity contribution in [3.05, 3.63) is 52.8 Å². The molecule has 3 heterocycles. The largest absolute Gasteiger partial charge is 0.493 e. The number of aryl methyl sites for hydroxylation is 1. The van der Waals surface area contributed by atoms with E-state index in [0.717, 1.165) is 71.3 Å². The average molecular weight is 520 g/mol. The van der Waals surface area contributed by atoms with E-state index in [9.17, 15) is 19.8 Å². The van der Waals surface area contributed by atoms with Gasteiger partial charge in [0, 0.05) is 24.1 Å². The summed E-state index contributed by atoms with van der Waals surface area (Å²) in [7, 11) is 1.38. The third-order valence-electron chi connectivity index (χ3n) is 8.49. The van der Waals surface area contributed by atoms with Gasteiger partial charge < -0.3 is 24.3 Å². The molecule has 3 aromatic rings. The molecule has 0 unspecified atom stereocenters. The van der Waals surface area contributed by atoms with Gasteiger partial charge in [-0.2, -0.15) is 0 Å². The van der Waals surface area contributed by atoms with Crippen LogP contribution in [0.3, 0.4) is 0 Å². The van der Waals surface area contributed by atoms with Gasteiger partial charge in [-0.1, -0.05) is 12.5 Å². The van der Waals surface area contributed by atoms with Gasteiger partial charge in [0.05, 0.1) is 36.4 Å². The van der Waals surface area contributed by atoms with Crippen LogP contribution in [0.15, 0.2) is 30.3 Å². The third kappa shape index (κ3) is 4.00. The van der Waals surface area contributed by atoms with Crippen LogP contribution in [0, 0.1) is 5.92 Å². The van der Waals surface area contributed by atoms with Gasteiger partial charge in [-0.05, 0) is 74.4 Å². The maximum Gasteiger partial charge on any atom is 0.414 e. The van der Waals surface area contributed by atoms with Crippen LogP contribution in [0.2, 0.25) is 0 Å². The number of benzene rings is 2. The molecule has 38 heavy (non-hydrogen) atoms. The minimum atomic E-state index is -0.992. The number of carbonyl (C=O) groups excluding carboxylic acids is 1. The van der Waals surface area contributed by atoms with Crippen LogP contribution in [0.4, 0.5) is 10.5 Å². The number of fused-ring (bicyclic) bond motifs is 4. The molecule has 9 nitrogen and oxygen atoms in total. The Kier molecular flexibility index (Phi) is 6.26. The van der Waals surface area contributed by atoms with Gasteiger partial charge in [0.1, 0.15) is 17.7 Å². The molecule has 4 atom stereocenters. The predicted molar refractivity (Wildman–Crippen MR) is 141 cm³/mol. The van der Waals surface area contributed by atoms with Gasteiger partial charge in [-0.25, -0.2) is 9.78 Å². The Balaban J connectivity index is 1.51. The van der Waals surface area contributed by atoms with Crippen molar-refractivity contribution in [1.82, 2.24) is 9.55 Å². The molecule has 1 fully saturated rings. The number of nitrogens with zero attached hydrogens (tertiary/aromatic N) is 3. The number of carbonyl (C=O) groups is 2. The SMILES string of the molecule is COC(=O)N1c2ccc3c(nc([C@H](O)c4ccc5c(c4)CCO5)n3[C@@H]3CCC[C@@H](C(=O)O)C3)c2CC[C@@H]1C. The maximum atomic E-state index is 12.7. The molecule has 3 aliphatic rings. The highest BCUT2D eigenvalue weighted by molar-refractivity contribution is 5.95. The number of methoxy groups -OCH3 is 1. The Bertz CT molecular complexity index is 1420. The number of aliphatic hydroxyl groups excluding tert-OH is 1. The van der Waals surface area contributed by atoms with Crippen molar-refractivity contribution in [3.8, 4) is 5.75 Å². The fourth-order valence-corrected chi connectivity index (χ4v) is 6.52. The Hall–Kier alpha value is -3.59. The first-order chi connectivity index (χ1) is 18.4.